The molecule has 0 radical (unpaired) electrons. The zero-order valence-electron chi connectivity index (χ0n) is 12.1. The fraction of sp³-hybridized carbons (Fsp3) is 0.500. The Bertz CT molecular complexity index is 648. The van der Waals surface area contributed by atoms with Crippen LogP contribution < -0.4 is 5.14 Å². The van der Waals surface area contributed by atoms with Crippen LogP contribution in [0.2, 0.25) is 0 Å². The fourth-order valence-electron chi connectivity index (χ4n) is 2.21. The average molecular weight is 313 g/mol. The molecule has 1 aromatic rings. The molecule has 0 aromatic heterocycles. The van der Waals surface area contributed by atoms with Gasteiger partial charge < -0.3 is 9.47 Å². The third kappa shape index (κ3) is 3.81. The van der Waals surface area contributed by atoms with Gasteiger partial charge in [-0.25, -0.2) is 18.4 Å². The molecule has 0 unspecified atom stereocenters. The predicted octanol–water partition coefficient (Wildman–Crippen LogP) is 1.29. The molecule has 0 bridgehead atoms. The Morgan fingerprint density at radius 3 is 2.48 bits per heavy atom. The van der Waals surface area contributed by atoms with E-state index in [1.54, 1.807) is 13.8 Å². The summed E-state index contributed by atoms with van der Waals surface area (Å²) in [6, 6.07) is 2.73. The maximum absolute atomic E-state index is 12.3. The molecule has 0 aliphatic carbocycles. The third-order valence-electron chi connectivity index (χ3n) is 3.63. The van der Waals surface area contributed by atoms with E-state index in [0.29, 0.717) is 37.2 Å². The molecule has 6 nitrogen and oxygen atoms in total. The van der Waals surface area contributed by atoms with Gasteiger partial charge in [0.2, 0.25) is 10.0 Å². The smallest absolute Gasteiger partial charge is 0.338 e. The number of esters is 1. The predicted molar refractivity (Wildman–Crippen MR) is 76.5 cm³/mol. The highest BCUT2D eigenvalue weighted by atomic mass is 32.2. The van der Waals surface area contributed by atoms with Crippen molar-refractivity contribution < 1.29 is 22.7 Å². The Kier molecular flexibility index (Phi) is 4.65. The summed E-state index contributed by atoms with van der Waals surface area (Å²) in [5.41, 5.74) is 1.62. The lowest BCUT2D eigenvalue weighted by molar-refractivity contribution is -0.0159. The van der Waals surface area contributed by atoms with E-state index in [2.05, 4.69) is 0 Å². The second-order valence-corrected chi connectivity index (χ2v) is 6.74. The van der Waals surface area contributed by atoms with Gasteiger partial charge in [-0.1, -0.05) is 0 Å². The fourth-order valence-corrected chi connectivity index (χ4v) is 2.83. The Morgan fingerprint density at radius 1 is 1.29 bits per heavy atom. The second kappa shape index (κ2) is 6.13. The van der Waals surface area contributed by atoms with Crippen molar-refractivity contribution in [1.82, 2.24) is 0 Å². The van der Waals surface area contributed by atoms with Crippen LogP contribution in [-0.4, -0.2) is 33.7 Å². The summed E-state index contributed by atoms with van der Waals surface area (Å²) in [6.45, 7) is 4.61. The van der Waals surface area contributed by atoms with E-state index in [9.17, 15) is 13.2 Å². The summed E-state index contributed by atoms with van der Waals surface area (Å²) in [7, 11) is -3.86. The van der Waals surface area contributed by atoms with Crippen LogP contribution in [0.3, 0.4) is 0 Å². The lowest BCUT2D eigenvalue weighted by Crippen LogP contribution is -2.26. The molecular weight excluding hydrogens is 294 g/mol. The van der Waals surface area contributed by atoms with Crippen molar-refractivity contribution in [2.24, 2.45) is 5.14 Å². The molecular formula is C14H19NO5S. The molecule has 116 valence electrons. The first-order valence-corrected chi connectivity index (χ1v) is 8.26. The van der Waals surface area contributed by atoms with Crippen LogP contribution in [0.5, 0.6) is 0 Å². The Balaban J connectivity index is 2.29. The zero-order valence-corrected chi connectivity index (χ0v) is 12.9. The molecule has 0 atom stereocenters. The van der Waals surface area contributed by atoms with Crippen molar-refractivity contribution in [3.05, 3.63) is 28.8 Å². The van der Waals surface area contributed by atoms with Crippen LogP contribution in [0, 0.1) is 13.8 Å². The summed E-state index contributed by atoms with van der Waals surface area (Å²) in [5.74, 6) is -0.520. The third-order valence-corrected chi connectivity index (χ3v) is 4.52. The number of sulfonamides is 1. The number of benzene rings is 1. The second-order valence-electron chi connectivity index (χ2n) is 5.17. The van der Waals surface area contributed by atoms with Crippen LogP contribution in [0.15, 0.2) is 17.0 Å². The van der Waals surface area contributed by atoms with Crippen molar-refractivity contribution in [2.45, 2.75) is 37.7 Å². The molecule has 2 rings (SSSR count). The number of nitrogens with two attached hydrogens (primary N) is 1. The average Bonchev–Trinajstić information content (AvgIpc) is 2.41. The molecule has 21 heavy (non-hydrogen) atoms. The van der Waals surface area contributed by atoms with Gasteiger partial charge in [0.1, 0.15) is 6.10 Å². The molecule has 0 spiro atoms. The molecule has 0 saturated carbocycles. The number of hydrogen-bond acceptors (Lipinski definition) is 5. The normalized spacial score (nSPS) is 16.7. The summed E-state index contributed by atoms with van der Waals surface area (Å²) in [4.78, 5) is 12.2. The van der Waals surface area contributed by atoms with E-state index in [4.69, 9.17) is 14.6 Å². The lowest BCUT2D eigenvalue weighted by atomic mass is 10.0. The first-order valence-electron chi connectivity index (χ1n) is 6.72. The number of primary sulfonamides is 1. The highest BCUT2D eigenvalue weighted by molar-refractivity contribution is 7.89. The molecule has 2 N–H and O–H groups in total. The zero-order chi connectivity index (χ0) is 15.6. The standard InChI is InChI=1S/C14H19NO5S/c1-9-7-12(21(15,17)18)8-13(10(9)2)14(16)20-11-3-5-19-6-4-11/h7-8,11H,3-6H2,1-2H3,(H2,15,17,18). The van der Waals surface area contributed by atoms with Crippen LogP contribution in [0.4, 0.5) is 0 Å². The maximum Gasteiger partial charge on any atom is 0.338 e. The van der Waals surface area contributed by atoms with Gasteiger partial charge >= 0.3 is 5.97 Å². The number of aryl methyl sites for hydroxylation is 1. The van der Waals surface area contributed by atoms with Crippen LogP contribution in [-0.2, 0) is 19.5 Å². The van der Waals surface area contributed by atoms with Gasteiger partial charge in [-0.15, -0.1) is 0 Å². The van der Waals surface area contributed by atoms with Gasteiger partial charge in [0.25, 0.3) is 0 Å². The highest BCUT2D eigenvalue weighted by Crippen LogP contribution is 2.21. The minimum absolute atomic E-state index is 0.0791. The SMILES string of the molecule is Cc1cc(S(N)(=O)=O)cc(C(=O)OC2CCOCC2)c1C. The monoisotopic (exact) mass is 313 g/mol. The highest BCUT2D eigenvalue weighted by Gasteiger charge is 2.22. The molecule has 1 fully saturated rings. The number of rotatable bonds is 3. The van der Waals surface area contributed by atoms with Crippen molar-refractivity contribution >= 4 is 16.0 Å². The topological polar surface area (TPSA) is 95.7 Å². The number of hydrogen-bond donors (Lipinski definition) is 1. The van der Waals surface area contributed by atoms with Gasteiger partial charge in [-0.2, -0.15) is 0 Å². The molecule has 0 amide bonds. The van der Waals surface area contributed by atoms with E-state index < -0.39 is 16.0 Å². The van der Waals surface area contributed by atoms with Crippen molar-refractivity contribution in [2.75, 3.05) is 13.2 Å². The summed E-state index contributed by atoms with van der Waals surface area (Å²) < 4.78 is 33.6. The quantitative estimate of drug-likeness (QED) is 0.848. The van der Waals surface area contributed by atoms with Crippen molar-refractivity contribution in [1.29, 1.82) is 0 Å². The van der Waals surface area contributed by atoms with E-state index in [-0.39, 0.29) is 16.6 Å². The van der Waals surface area contributed by atoms with E-state index in [0.717, 1.165) is 0 Å². The van der Waals surface area contributed by atoms with E-state index in [1.807, 2.05) is 0 Å². The van der Waals surface area contributed by atoms with Gasteiger partial charge in [-0.3, -0.25) is 0 Å². The van der Waals surface area contributed by atoms with E-state index >= 15 is 0 Å². The lowest BCUT2D eigenvalue weighted by Gasteiger charge is -2.22. The van der Waals surface area contributed by atoms with E-state index in [1.165, 1.54) is 12.1 Å². The molecule has 1 saturated heterocycles. The number of carbonyl (C=O) groups excluding carboxylic acids is 1. The summed E-state index contributed by atoms with van der Waals surface area (Å²) in [5, 5.41) is 5.13. The first kappa shape index (κ1) is 15.9. The molecule has 1 aromatic carbocycles. The van der Waals surface area contributed by atoms with Crippen molar-refractivity contribution in [3.63, 3.8) is 0 Å². The number of ether oxygens (including phenoxy) is 2. The van der Waals surface area contributed by atoms with Crippen LogP contribution in [0.25, 0.3) is 0 Å². The largest absolute Gasteiger partial charge is 0.459 e. The summed E-state index contributed by atoms with van der Waals surface area (Å²) >= 11 is 0. The number of carbonyl (C=O) groups is 1. The summed E-state index contributed by atoms with van der Waals surface area (Å²) in [6.07, 6.45) is 1.11. The maximum atomic E-state index is 12.3. The minimum atomic E-state index is -3.86. The molecule has 7 heteroatoms. The Morgan fingerprint density at radius 2 is 1.90 bits per heavy atom. The van der Waals surface area contributed by atoms with Crippen LogP contribution >= 0.6 is 0 Å². The Hall–Kier alpha value is -1.44. The van der Waals surface area contributed by atoms with Crippen LogP contribution in [0.1, 0.15) is 34.3 Å². The Labute approximate surface area is 124 Å². The van der Waals surface area contributed by atoms with Gasteiger partial charge in [0, 0.05) is 12.8 Å². The first-order chi connectivity index (χ1) is 9.79. The molecule has 1 aliphatic heterocycles. The molecule has 1 heterocycles. The van der Waals surface area contributed by atoms with Gasteiger partial charge in [0.15, 0.2) is 0 Å². The van der Waals surface area contributed by atoms with Gasteiger partial charge in [0.05, 0.1) is 23.7 Å². The molecule has 1 aliphatic rings. The minimum Gasteiger partial charge on any atom is -0.459 e. The van der Waals surface area contributed by atoms with Crippen molar-refractivity contribution in [3.8, 4) is 0 Å². The van der Waals surface area contributed by atoms with Gasteiger partial charge in [-0.05, 0) is 37.1 Å².